The minimum Gasteiger partial charge on any atom is -0.385 e. The lowest BCUT2D eigenvalue weighted by Gasteiger charge is -2.45. The van der Waals surface area contributed by atoms with Crippen LogP contribution in [0.25, 0.3) is 0 Å². The molecule has 2 saturated heterocycles. The number of aliphatic hydroxyl groups is 1. The van der Waals surface area contributed by atoms with Gasteiger partial charge in [0.05, 0.1) is 5.60 Å². The highest BCUT2D eigenvalue weighted by Gasteiger charge is 2.48. The second kappa shape index (κ2) is 6.33. The Morgan fingerprint density at radius 1 is 1.04 bits per heavy atom. The van der Waals surface area contributed by atoms with Gasteiger partial charge in [-0.1, -0.05) is 52.3 Å². The van der Waals surface area contributed by atoms with Gasteiger partial charge >= 0.3 is 0 Å². The van der Waals surface area contributed by atoms with Gasteiger partial charge in [0.25, 0.3) is 0 Å². The molecule has 2 heterocycles. The molecule has 0 saturated carbocycles. The van der Waals surface area contributed by atoms with Crippen LogP contribution >= 0.6 is 0 Å². The molecule has 3 rings (SSSR count). The smallest absolute Gasteiger partial charge is 0.0925 e. The Kier molecular flexibility index (Phi) is 4.72. The molecular formula is C20H30O2S. The van der Waals surface area contributed by atoms with Crippen LogP contribution in [0.2, 0.25) is 0 Å². The zero-order chi connectivity index (χ0) is 16.8. The lowest BCUT2D eigenvalue weighted by atomic mass is 9.73. The van der Waals surface area contributed by atoms with E-state index in [1.807, 2.05) is 0 Å². The Morgan fingerprint density at radius 2 is 1.52 bits per heavy atom. The van der Waals surface area contributed by atoms with Crippen LogP contribution in [0.3, 0.4) is 0 Å². The number of hydrogen-bond acceptors (Lipinski definition) is 2. The molecule has 128 valence electrons. The van der Waals surface area contributed by atoms with Crippen molar-refractivity contribution in [1.29, 1.82) is 0 Å². The average Bonchev–Trinajstić information content (AvgIpc) is 2.48. The van der Waals surface area contributed by atoms with E-state index in [0.717, 1.165) is 18.4 Å². The summed E-state index contributed by atoms with van der Waals surface area (Å²) in [5.74, 6) is 0.778. The van der Waals surface area contributed by atoms with E-state index in [4.69, 9.17) is 0 Å². The fourth-order valence-corrected chi connectivity index (χ4v) is 6.80. The predicted octanol–water partition coefficient (Wildman–Crippen LogP) is 4.58. The molecule has 2 aliphatic heterocycles. The highest BCUT2D eigenvalue weighted by atomic mass is 32.2. The van der Waals surface area contributed by atoms with Crippen LogP contribution in [0, 0.1) is 0 Å². The van der Waals surface area contributed by atoms with Crippen molar-refractivity contribution in [3.63, 3.8) is 0 Å². The Morgan fingerprint density at radius 3 is 1.96 bits per heavy atom. The van der Waals surface area contributed by atoms with E-state index in [9.17, 15) is 9.32 Å². The molecule has 1 aromatic rings. The fourth-order valence-electron chi connectivity index (χ4n) is 4.58. The van der Waals surface area contributed by atoms with Crippen LogP contribution < -0.4 is 0 Å². The molecule has 0 spiro atoms. The van der Waals surface area contributed by atoms with E-state index in [1.165, 1.54) is 17.5 Å². The van der Waals surface area contributed by atoms with Crippen molar-refractivity contribution >= 4 is 10.8 Å². The van der Waals surface area contributed by atoms with Crippen molar-refractivity contribution in [2.24, 2.45) is 0 Å². The van der Waals surface area contributed by atoms with Gasteiger partial charge in [-0.25, -0.2) is 0 Å². The highest BCUT2D eigenvalue weighted by Crippen LogP contribution is 2.48. The second-order valence-electron chi connectivity index (χ2n) is 8.06. The summed E-state index contributed by atoms with van der Waals surface area (Å²) in [5.41, 5.74) is 2.89. The van der Waals surface area contributed by atoms with Crippen LogP contribution in [0.5, 0.6) is 0 Å². The first-order valence-corrected chi connectivity index (χ1v) is 10.4. The Balaban J connectivity index is 2.11. The summed E-state index contributed by atoms with van der Waals surface area (Å²) in [7, 11) is -0.751. The Hall–Kier alpha value is -0.670. The van der Waals surface area contributed by atoms with Gasteiger partial charge in [-0.15, -0.1) is 0 Å². The molecule has 0 aromatic heterocycles. The molecule has 0 aliphatic carbocycles. The summed E-state index contributed by atoms with van der Waals surface area (Å²) in [6.07, 6.45) is 4.51. The van der Waals surface area contributed by atoms with E-state index in [1.54, 1.807) is 0 Å². The molecule has 23 heavy (non-hydrogen) atoms. The quantitative estimate of drug-likeness (QED) is 0.878. The van der Waals surface area contributed by atoms with Gasteiger partial charge < -0.3 is 5.11 Å². The maximum Gasteiger partial charge on any atom is 0.0925 e. The first kappa shape index (κ1) is 17.2. The van der Waals surface area contributed by atoms with Crippen molar-refractivity contribution < 1.29 is 9.32 Å². The third-order valence-electron chi connectivity index (χ3n) is 5.68. The lowest BCUT2D eigenvalue weighted by Crippen LogP contribution is -2.48. The van der Waals surface area contributed by atoms with Gasteiger partial charge in [-0.3, -0.25) is 4.21 Å². The minimum absolute atomic E-state index is 0.174. The monoisotopic (exact) mass is 334 g/mol. The normalized spacial score (nSPS) is 34.1. The molecule has 3 heteroatoms. The first-order valence-electron chi connectivity index (χ1n) is 9.08. The second-order valence-corrected chi connectivity index (χ2v) is 10.1. The van der Waals surface area contributed by atoms with E-state index in [2.05, 4.69) is 45.9 Å². The summed E-state index contributed by atoms with van der Waals surface area (Å²) in [4.78, 5) is 0. The lowest BCUT2D eigenvalue weighted by molar-refractivity contribution is 0.00453. The molecule has 2 fully saturated rings. The van der Waals surface area contributed by atoms with Gasteiger partial charge in [0, 0.05) is 21.3 Å². The van der Waals surface area contributed by atoms with Crippen molar-refractivity contribution in [3.8, 4) is 0 Å². The van der Waals surface area contributed by atoms with Crippen LogP contribution in [-0.2, 0) is 16.4 Å². The molecule has 2 nitrogen and oxygen atoms in total. The van der Waals surface area contributed by atoms with Crippen molar-refractivity contribution in [3.05, 3.63) is 34.9 Å². The molecule has 0 radical (unpaired) electrons. The van der Waals surface area contributed by atoms with Crippen molar-refractivity contribution in [1.82, 2.24) is 0 Å². The van der Waals surface area contributed by atoms with Gasteiger partial charge in [0.2, 0.25) is 0 Å². The van der Waals surface area contributed by atoms with Gasteiger partial charge in [0.1, 0.15) is 0 Å². The van der Waals surface area contributed by atoms with Crippen LogP contribution in [-0.4, -0.2) is 19.8 Å². The molecule has 2 bridgehead atoms. The van der Waals surface area contributed by atoms with E-state index >= 15 is 0 Å². The third kappa shape index (κ3) is 3.02. The Bertz CT molecular complexity index is 563. The standard InChI is InChI=1S/C20H30O2S/c1-13(2)17-9-6-10-18(14(3)4)19(17)20(21)11-15-7-5-8-16(12-20)23(15)22/h6,9-10,13-16,21H,5,7-8,11-12H2,1-4H3. The van der Waals surface area contributed by atoms with Crippen molar-refractivity contribution in [2.45, 2.75) is 87.7 Å². The van der Waals surface area contributed by atoms with E-state index < -0.39 is 16.4 Å². The largest absolute Gasteiger partial charge is 0.385 e. The van der Waals surface area contributed by atoms with E-state index in [-0.39, 0.29) is 10.5 Å². The number of benzene rings is 1. The average molecular weight is 335 g/mol. The summed E-state index contributed by atoms with van der Waals surface area (Å²) in [6, 6.07) is 6.47. The van der Waals surface area contributed by atoms with Gasteiger partial charge in [-0.2, -0.15) is 0 Å². The molecule has 2 aliphatic rings. The zero-order valence-electron chi connectivity index (χ0n) is 14.8. The molecular weight excluding hydrogens is 304 g/mol. The van der Waals surface area contributed by atoms with E-state index in [0.29, 0.717) is 24.7 Å². The van der Waals surface area contributed by atoms with Crippen LogP contribution in [0.4, 0.5) is 0 Å². The first-order chi connectivity index (χ1) is 10.8. The number of fused-ring (bicyclic) bond motifs is 2. The van der Waals surface area contributed by atoms with Gasteiger partial charge in [0.15, 0.2) is 0 Å². The van der Waals surface area contributed by atoms with Crippen LogP contribution in [0.15, 0.2) is 18.2 Å². The number of hydrogen-bond donors (Lipinski definition) is 1. The highest BCUT2D eigenvalue weighted by molar-refractivity contribution is 7.86. The maximum absolute atomic E-state index is 12.6. The molecule has 0 amide bonds. The molecule has 1 aromatic carbocycles. The topological polar surface area (TPSA) is 37.3 Å². The molecule has 1 N–H and O–H groups in total. The molecule has 2 unspecified atom stereocenters. The fraction of sp³-hybridized carbons (Fsp3) is 0.700. The SMILES string of the molecule is CC(C)c1cccc(C(C)C)c1C1(O)CC2CCCC(C1)S2=O. The number of rotatable bonds is 3. The maximum atomic E-state index is 12.6. The summed E-state index contributed by atoms with van der Waals surface area (Å²) >= 11 is 0. The van der Waals surface area contributed by atoms with Crippen molar-refractivity contribution in [2.75, 3.05) is 0 Å². The zero-order valence-corrected chi connectivity index (χ0v) is 15.7. The van der Waals surface area contributed by atoms with Crippen LogP contribution in [0.1, 0.15) is 88.3 Å². The summed E-state index contributed by atoms with van der Waals surface area (Å²) in [6.45, 7) is 8.81. The summed E-state index contributed by atoms with van der Waals surface area (Å²) < 4.78 is 12.6. The molecule has 2 atom stereocenters. The third-order valence-corrected chi connectivity index (χ3v) is 7.80. The minimum atomic E-state index is -0.801. The predicted molar refractivity (Wildman–Crippen MR) is 97.3 cm³/mol. The summed E-state index contributed by atoms with van der Waals surface area (Å²) in [5, 5.41) is 12.0. The van der Waals surface area contributed by atoms with Gasteiger partial charge in [-0.05, 0) is 54.2 Å². The Labute approximate surface area is 143 Å².